The topological polar surface area (TPSA) is 60.3 Å². The first-order chi connectivity index (χ1) is 10.1. The summed E-state index contributed by atoms with van der Waals surface area (Å²) in [5.74, 6) is 0.289. The van der Waals surface area contributed by atoms with Crippen LogP contribution >= 0.6 is 0 Å². The van der Waals surface area contributed by atoms with E-state index in [4.69, 9.17) is 4.74 Å². The molecule has 5 heteroatoms. The van der Waals surface area contributed by atoms with Crippen LogP contribution in [0.15, 0.2) is 47.4 Å². The Hall–Kier alpha value is -2.56. The van der Waals surface area contributed by atoms with Gasteiger partial charge in [-0.15, -0.1) is 0 Å². The number of ether oxygens (including phenoxy) is 1. The highest BCUT2D eigenvalue weighted by Gasteiger charge is 2.10. The normalized spacial score (nSPS) is 10.2. The van der Waals surface area contributed by atoms with E-state index < -0.39 is 0 Å². The van der Waals surface area contributed by atoms with E-state index in [1.807, 2.05) is 19.1 Å². The standard InChI is InChI=1S/C16H18N2O3/c1-3-10-21-14-7-5-4-6-13(14)17-16(20)12-8-9-18(2)15(19)11-12/h4-9,11H,3,10H2,1-2H3,(H,17,20). The van der Waals surface area contributed by atoms with Gasteiger partial charge in [0.05, 0.1) is 12.3 Å². The summed E-state index contributed by atoms with van der Waals surface area (Å²) in [6.45, 7) is 2.60. The van der Waals surface area contributed by atoms with Crippen LogP contribution in [-0.4, -0.2) is 17.1 Å². The molecule has 1 heterocycles. The molecule has 0 aliphatic heterocycles. The van der Waals surface area contributed by atoms with Crippen molar-refractivity contribution in [3.63, 3.8) is 0 Å². The number of aromatic nitrogens is 1. The number of hydrogen-bond donors (Lipinski definition) is 1. The number of rotatable bonds is 5. The molecule has 1 aromatic heterocycles. The van der Waals surface area contributed by atoms with Crippen LogP contribution in [0, 0.1) is 0 Å². The predicted octanol–water partition coefficient (Wildman–Crippen LogP) is 2.43. The maximum Gasteiger partial charge on any atom is 0.256 e. The number of hydrogen-bond acceptors (Lipinski definition) is 3. The molecule has 0 aliphatic rings. The van der Waals surface area contributed by atoms with Crippen molar-refractivity contribution in [2.45, 2.75) is 13.3 Å². The first-order valence-electron chi connectivity index (χ1n) is 6.81. The Labute approximate surface area is 123 Å². The third-order valence-corrected chi connectivity index (χ3v) is 2.96. The molecular weight excluding hydrogens is 268 g/mol. The molecule has 2 aromatic rings. The number of amides is 1. The summed E-state index contributed by atoms with van der Waals surface area (Å²) in [6.07, 6.45) is 2.45. The van der Waals surface area contributed by atoms with Crippen LogP contribution in [0.25, 0.3) is 0 Å². The quantitative estimate of drug-likeness (QED) is 0.918. The van der Waals surface area contributed by atoms with Crippen LogP contribution in [0.4, 0.5) is 5.69 Å². The van der Waals surface area contributed by atoms with Crippen molar-refractivity contribution in [3.8, 4) is 5.75 Å². The number of carbonyl (C=O) groups excluding carboxylic acids is 1. The SMILES string of the molecule is CCCOc1ccccc1NC(=O)c1ccn(C)c(=O)c1. The fraction of sp³-hybridized carbons (Fsp3) is 0.250. The second kappa shape index (κ2) is 6.74. The average Bonchev–Trinajstić information content (AvgIpc) is 2.49. The second-order valence-corrected chi connectivity index (χ2v) is 4.66. The lowest BCUT2D eigenvalue weighted by atomic mass is 10.2. The number of para-hydroxylation sites is 2. The molecule has 0 aliphatic carbocycles. The van der Waals surface area contributed by atoms with E-state index in [9.17, 15) is 9.59 Å². The zero-order valence-corrected chi connectivity index (χ0v) is 12.1. The first-order valence-corrected chi connectivity index (χ1v) is 6.81. The molecule has 1 N–H and O–H groups in total. The third kappa shape index (κ3) is 3.72. The average molecular weight is 286 g/mol. The highest BCUT2D eigenvalue weighted by molar-refractivity contribution is 6.04. The Morgan fingerprint density at radius 2 is 2.05 bits per heavy atom. The van der Waals surface area contributed by atoms with Crippen molar-refractivity contribution in [2.24, 2.45) is 7.05 Å². The smallest absolute Gasteiger partial charge is 0.256 e. The summed E-state index contributed by atoms with van der Waals surface area (Å²) in [5, 5.41) is 2.77. The minimum atomic E-state index is -0.333. The molecule has 0 radical (unpaired) electrons. The summed E-state index contributed by atoms with van der Waals surface area (Å²) >= 11 is 0. The van der Waals surface area contributed by atoms with Crippen LogP contribution < -0.4 is 15.6 Å². The van der Waals surface area contributed by atoms with Gasteiger partial charge in [0.15, 0.2) is 0 Å². The molecule has 1 aromatic carbocycles. The monoisotopic (exact) mass is 286 g/mol. The molecular formula is C16H18N2O3. The lowest BCUT2D eigenvalue weighted by molar-refractivity contribution is 0.102. The van der Waals surface area contributed by atoms with Crippen molar-refractivity contribution >= 4 is 11.6 Å². The summed E-state index contributed by atoms with van der Waals surface area (Å²) < 4.78 is 7.00. The predicted molar refractivity (Wildman–Crippen MR) is 81.9 cm³/mol. The number of aryl methyl sites for hydroxylation is 1. The Kier molecular flexibility index (Phi) is 4.77. The number of carbonyl (C=O) groups is 1. The van der Waals surface area contributed by atoms with Gasteiger partial charge in [-0.05, 0) is 24.6 Å². The Morgan fingerprint density at radius 3 is 2.76 bits per heavy atom. The van der Waals surface area contributed by atoms with E-state index in [1.165, 1.54) is 10.6 Å². The Balaban J connectivity index is 2.19. The van der Waals surface area contributed by atoms with E-state index in [2.05, 4.69) is 5.32 Å². The van der Waals surface area contributed by atoms with Crippen molar-refractivity contribution in [2.75, 3.05) is 11.9 Å². The molecule has 1 amide bonds. The van der Waals surface area contributed by atoms with Crippen molar-refractivity contribution in [1.82, 2.24) is 4.57 Å². The molecule has 0 spiro atoms. The minimum Gasteiger partial charge on any atom is -0.491 e. The van der Waals surface area contributed by atoms with Gasteiger partial charge in [0.2, 0.25) is 0 Å². The Bertz CT molecular complexity index is 692. The Morgan fingerprint density at radius 1 is 1.29 bits per heavy atom. The van der Waals surface area contributed by atoms with Crippen LogP contribution in [0.2, 0.25) is 0 Å². The molecule has 5 nitrogen and oxygen atoms in total. The van der Waals surface area contributed by atoms with Crippen molar-refractivity contribution < 1.29 is 9.53 Å². The molecule has 0 atom stereocenters. The van der Waals surface area contributed by atoms with Gasteiger partial charge in [0, 0.05) is 24.9 Å². The van der Waals surface area contributed by atoms with E-state index in [0.717, 1.165) is 6.42 Å². The number of anilines is 1. The van der Waals surface area contributed by atoms with Crippen LogP contribution in [0.1, 0.15) is 23.7 Å². The maximum atomic E-state index is 12.2. The maximum absolute atomic E-state index is 12.2. The zero-order chi connectivity index (χ0) is 15.2. The lowest BCUT2D eigenvalue weighted by Gasteiger charge is -2.12. The highest BCUT2D eigenvalue weighted by atomic mass is 16.5. The van der Waals surface area contributed by atoms with Gasteiger partial charge in [-0.25, -0.2) is 0 Å². The summed E-state index contributed by atoms with van der Waals surface area (Å²) in [4.78, 5) is 23.8. The van der Waals surface area contributed by atoms with Crippen LogP contribution in [-0.2, 0) is 7.05 Å². The van der Waals surface area contributed by atoms with E-state index in [1.54, 1.807) is 31.4 Å². The molecule has 21 heavy (non-hydrogen) atoms. The molecule has 0 saturated carbocycles. The number of benzene rings is 1. The van der Waals surface area contributed by atoms with Gasteiger partial charge in [-0.2, -0.15) is 0 Å². The van der Waals surface area contributed by atoms with Gasteiger partial charge >= 0.3 is 0 Å². The summed E-state index contributed by atoms with van der Waals surface area (Å²) in [6, 6.07) is 10.1. The van der Waals surface area contributed by atoms with E-state index in [-0.39, 0.29) is 11.5 Å². The van der Waals surface area contributed by atoms with E-state index >= 15 is 0 Å². The van der Waals surface area contributed by atoms with Gasteiger partial charge in [-0.1, -0.05) is 19.1 Å². The largest absolute Gasteiger partial charge is 0.491 e. The molecule has 0 fully saturated rings. The summed E-state index contributed by atoms with van der Waals surface area (Å²) in [5.41, 5.74) is 0.693. The van der Waals surface area contributed by atoms with Crippen LogP contribution in [0.3, 0.4) is 0 Å². The summed E-state index contributed by atoms with van der Waals surface area (Å²) in [7, 11) is 1.64. The molecule has 110 valence electrons. The zero-order valence-electron chi connectivity index (χ0n) is 12.1. The van der Waals surface area contributed by atoms with Crippen molar-refractivity contribution in [3.05, 3.63) is 58.5 Å². The van der Waals surface area contributed by atoms with Crippen molar-refractivity contribution in [1.29, 1.82) is 0 Å². The second-order valence-electron chi connectivity index (χ2n) is 4.66. The van der Waals surface area contributed by atoms with E-state index in [0.29, 0.717) is 23.6 Å². The minimum absolute atomic E-state index is 0.224. The first kappa shape index (κ1) is 14.8. The highest BCUT2D eigenvalue weighted by Crippen LogP contribution is 2.24. The molecule has 2 rings (SSSR count). The fourth-order valence-electron chi connectivity index (χ4n) is 1.79. The molecule has 0 saturated heterocycles. The molecule has 0 bridgehead atoms. The molecule has 0 unspecified atom stereocenters. The third-order valence-electron chi connectivity index (χ3n) is 2.96. The van der Waals surface area contributed by atoms with Gasteiger partial charge in [0.1, 0.15) is 5.75 Å². The number of pyridine rings is 1. The van der Waals surface area contributed by atoms with Gasteiger partial charge in [0.25, 0.3) is 11.5 Å². The van der Waals surface area contributed by atoms with Gasteiger partial charge in [-0.3, -0.25) is 9.59 Å². The number of nitrogens with zero attached hydrogens (tertiary/aromatic N) is 1. The lowest BCUT2D eigenvalue weighted by Crippen LogP contribution is -2.20. The van der Waals surface area contributed by atoms with Gasteiger partial charge < -0.3 is 14.6 Å². The number of nitrogens with one attached hydrogen (secondary N) is 1. The fourth-order valence-corrected chi connectivity index (χ4v) is 1.79. The van der Waals surface area contributed by atoms with Crippen LogP contribution in [0.5, 0.6) is 5.75 Å².